The first kappa shape index (κ1) is 21.9. The molecule has 2 aromatic carbocycles. The lowest BCUT2D eigenvalue weighted by Gasteiger charge is -2.17. The molecule has 3 rings (SSSR count). The molecule has 8 nitrogen and oxygen atoms in total. The maximum Gasteiger partial charge on any atom is 0.285 e. The summed E-state index contributed by atoms with van der Waals surface area (Å²) in [5.74, 6) is 0.414. The van der Waals surface area contributed by atoms with E-state index in [-0.39, 0.29) is 17.4 Å². The Morgan fingerprint density at radius 2 is 2.00 bits per heavy atom. The van der Waals surface area contributed by atoms with Gasteiger partial charge in [0, 0.05) is 5.69 Å². The molecule has 0 aliphatic carbocycles. The number of nitrogens with zero attached hydrogens (tertiary/aromatic N) is 1. The summed E-state index contributed by atoms with van der Waals surface area (Å²) in [7, 11) is 0. The van der Waals surface area contributed by atoms with Gasteiger partial charge < -0.3 is 14.8 Å². The molecular formula is C23H25N3O5. The van der Waals surface area contributed by atoms with E-state index in [1.807, 2.05) is 32.0 Å². The van der Waals surface area contributed by atoms with E-state index in [1.54, 1.807) is 38.1 Å². The van der Waals surface area contributed by atoms with Crippen LogP contribution in [0.1, 0.15) is 35.3 Å². The first-order chi connectivity index (χ1) is 14.8. The molecule has 1 heterocycles. The summed E-state index contributed by atoms with van der Waals surface area (Å²) in [5.41, 5.74) is 2.36. The number of rotatable bonds is 8. The van der Waals surface area contributed by atoms with Crippen molar-refractivity contribution < 1.29 is 19.1 Å². The van der Waals surface area contributed by atoms with Crippen LogP contribution in [0.4, 0.5) is 5.69 Å². The summed E-state index contributed by atoms with van der Waals surface area (Å²) < 4.78 is 12.3. The van der Waals surface area contributed by atoms with Crippen molar-refractivity contribution in [2.24, 2.45) is 0 Å². The summed E-state index contributed by atoms with van der Waals surface area (Å²) in [6, 6.07) is 12.4. The first-order valence-corrected chi connectivity index (χ1v) is 9.92. The highest BCUT2D eigenvalue weighted by molar-refractivity contribution is 5.94. The Morgan fingerprint density at radius 3 is 2.68 bits per heavy atom. The van der Waals surface area contributed by atoms with Crippen LogP contribution in [0.2, 0.25) is 0 Å². The number of nitrogens with one attached hydrogen (secondary N) is 2. The first-order valence-electron chi connectivity index (χ1n) is 9.92. The molecule has 0 aliphatic heterocycles. The maximum atomic E-state index is 12.6. The van der Waals surface area contributed by atoms with Gasteiger partial charge in [-0.05, 0) is 57.5 Å². The van der Waals surface area contributed by atoms with E-state index >= 15 is 0 Å². The minimum atomic E-state index is -0.732. The van der Waals surface area contributed by atoms with E-state index in [0.29, 0.717) is 30.0 Å². The van der Waals surface area contributed by atoms with Crippen molar-refractivity contribution in [3.8, 4) is 17.3 Å². The third-order valence-corrected chi connectivity index (χ3v) is 4.67. The average molecular weight is 423 g/mol. The lowest BCUT2D eigenvalue weighted by atomic mass is 10.1. The Morgan fingerprint density at radius 1 is 1.23 bits per heavy atom. The van der Waals surface area contributed by atoms with Gasteiger partial charge in [0.2, 0.25) is 5.88 Å². The quantitative estimate of drug-likeness (QED) is 0.541. The van der Waals surface area contributed by atoms with Crippen LogP contribution in [0.25, 0.3) is 5.69 Å². The van der Waals surface area contributed by atoms with E-state index < -0.39 is 11.7 Å². The molecule has 2 N–H and O–H groups in total. The fourth-order valence-corrected chi connectivity index (χ4v) is 3.11. The Hall–Kier alpha value is -3.81. The number of hydrogen-bond donors (Lipinski definition) is 2. The van der Waals surface area contributed by atoms with Crippen molar-refractivity contribution in [3.05, 3.63) is 69.5 Å². The normalized spacial score (nSPS) is 11.6. The summed E-state index contributed by atoms with van der Waals surface area (Å²) in [4.78, 5) is 36.4. The second-order valence-electron chi connectivity index (χ2n) is 7.11. The van der Waals surface area contributed by atoms with Crippen molar-refractivity contribution in [2.45, 2.75) is 33.8 Å². The van der Waals surface area contributed by atoms with Gasteiger partial charge in [-0.15, -0.1) is 0 Å². The van der Waals surface area contributed by atoms with Gasteiger partial charge in [-0.1, -0.05) is 23.8 Å². The Balaban J connectivity index is 1.78. The SMILES string of the molecule is CCOc1[nH]n(-c2cccc(NC(=O)C(C)Oc3ccc(C)cc3C)c2)c(=O)c1C=O. The van der Waals surface area contributed by atoms with Gasteiger partial charge in [0.25, 0.3) is 11.5 Å². The standard InChI is InChI=1S/C23H25N3O5/c1-5-30-22-19(13-27)23(29)26(25-22)18-8-6-7-17(12-18)24-21(28)16(4)31-20-10-9-14(2)11-15(20)3/h6-13,16,25H,5H2,1-4H3,(H,24,28). The molecule has 3 aromatic rings. The highest BCUT2D eigenvalue weighted by atomic mass is 16.5. The number of H-pyrrole nitrogens is 1. The zero-order valence-corrected chi connectivity index (χ0v) is 17.9. The zero-order valence-electron chi connectivity index (χ0n) is 17.9. The van der Waals surface area contributed by atoms with E-state index in [0.717, 1.165) is 11.1 Å². The Labute approximate surface area is 179 Å². The van der Waals surface area contributed by atoms with Crippen molar-refractivity contribution >= 4 is 17.9 Å². The number of hydrogen-bond acceptors (Lipinski definition) is 5. The second-order valence-corrected chi connectivity index (χ2v) is 7.11. The largest absolute Gasteiger partial charge is 0.481 e. The third kappa shape index (κ3) is 4.85. The van der Waals surface area contributed by atoms with Crippen molar-refractivity contribution in [2.75, 3.05) is 11.9 Å². The zero-order chi connectivity index (χ0) is 22.5. The predicted octanol–water partition coefficient (Wildman–Crippen LogP) is 3.40. The molecule has 1 aromatic heterocycles. The molecule has 1 amide bonds. The van der Waals surface area contributed by atoms with Gasteiger partial charge in [0.05, 0.1) is 12.3 Å². The topological polar surface area (TPSA) is 102 Å². The number of anilines is 1. The smallest absolute Gasteiger partial charge is 0.285 e. The van der Waals surface area contributed by atoms with E-state index in [1.165, 1.54) is 4.68 Å². The molecule has 162 valence electrons. The molecule has 0 aliphatic rings. The molecule has 1 atom stereocenters. The summed E-state index contributed by atoms with van der Waals surface area (Å²) in [5, 5.41) is 5.57. The number of aryl methyl sites for hydroxylation is 2. The molecule has 0 bridgehead atoms. The van der Waals surface area contributed by atoms with E-state index in [4.69, 9.17) is 9.47 Å². The van der Waals surface area contributed by atoms with Gasteiger partial charge in [0.15, 0.2) is 12.4 Å². The molecule has 31 heavy (non-hydrogen) atoms. The number of carbonyl (C=O) groups is 2. The van der Waals surface area contributed by atoms with Crippen LogP contribution in [-0.4, -0.2) is 34.7 Å². The van der Waals surface area contributed by atoms with Crippen molar-refractivity contribution in [3.63, 3.8) is 0 Å². The molecule has 0 spiro atoms. The second kappa shape index (κ2) is 9.34. The number of benzene rings is 2. The highest BCUT2D eigenvalue weighted by Gasteiger charge is 2.18. The minimum absolute atomic E-state index is 0.0909. The molecule has 0 saturated heterocycles. The number of amides is 1. The lowest BCUT2D eigenvalue weighted by Crippen LogP contribution is -2.30. The number of aldehydes is 1. The van der Waals surface area contributed by atoms with Crippen LogP contribution < -0.4 is 20.3 Å². The van der Waals surface area contributed by atoms with Crippen LogP contribution in [0.3, 0.4) is 0 Å². The average Bonchev–Trinajstić information content (AvgIpc) is 3.05. The third-order valence-electron chi connectivity index (χ3n) is 4.67. The molecular weight excluding hydrogens is 398 g/mol. The Bertz CT molecular complexity index is 1160. The van der Waals surface area contributed by atoms with Crippen molar-refractivity contribution in [1.29, 1.82) is 0 Å². The van der Waals surface area contributed by atoms with Gasteiger partial charge in [0.1, 0.15) is 11.3 Å². The van der Waals surface area contributed by atoms with E-state index in [9.17, 15) is 14.4 Å². The number of aromatic amines is 1. The van der Waals surface area contributed by atoms with Crippen LogP contribution in [0.5, 0.6) is 11.6 Å². The fraction of sp³-hybridized carbons (Fsp3) is 0.261. The highest BCUT2D eigenvalue weighted by Crippen LogP contribution is 2.21. The van der Waals surface area contributed by atoms with Crippen LogP contribution in [0, 0.1) is 13.8 Å². The summed E-state index contributed by atoms with van der Waals surface area (Å²) in [6.07, 6.45) is -0.276. The predicted molar refractivity (Wildman–Crippen MR) is 118 cm³/mol. The van der Waals surface area contributed by atoms with Gasteiger partial charge in [-0.2, -0.15) is 0 Å². The molecule has 8 heteroatoms. The fourth-order valence-electron chi connectivity index (χ4n) is 3.11. The lowest BCUT2D eigenvalue weighted by molar-refractivity contribution is -0.122. The van der Waals surface area contributed by atoms with Gasteiger partial charge in [-0.25, -0.2) is 4.68 Å². The molecule has 0 fully saturated rings. The number of aromatic nitrogens is 2. The van der Waals surface area contributed by atoms with Gasteiger partial charge in [-0.3, -0.25) is 19.5 Å². The summed E-state index contributed by atoms with van der Waals surface area (Å²) in [6.45, 7) is 7.63. The van der Waals surface area contributed by atoms with Crippen molar-refractivity contribution in [1.82, 2.24) is 9.78 Å². The van der Waals surface area contributed by atoms with Gasteiger partial charge >= 0.3 is 0 Å². The molecule has 0 radical (unpaired) electrons. The van der Waals surface area contributed by atoms with Crippen LogP contribution >= 0.6 is 0 Å². The molecule has 1 unspecified atom stereocenters. The number of ether oxygens (including phenoxy) is 2. The number of carbonyl (C=O) groups excluding carboxylic acids is 2. The minimum Gasteiger partial charge on any atom is -0.481 e. The monoisotopic (exact) mass is 423 g/mol. The van der Waals surface area contributed by atoms with Crippen LogP contribution in [0.15, 0.2) is 47.3 Å². The summed E-state index contributed by atoms with van der Waals surface area (Å²) >= 11 is 0. The Kier molecular flexibility index (Phi) is 6.59. The molecule has 0 saturated carbocycles. The van der Waals surface area contributed by atoms with Crippen LogP contribution in [-0.2, 0) is 4.79 Å². The maximum absolute atomic E-state index is 12.6. The van der Waals surface area contributed by atoms with E-state index in [2.05, 4.69) is 10.4 Å².